The molecule has 0 saturated carbocycles. The third kappa shape index (κ3) is 3.83. The Balaban J connectivity index is 2.35. The van der Waals surface area contributed by atoms with E-state index in [0.717, 1.165) is 5.75 Å². The number of rotatable bonds is 5. The Morgan fingerprint density at radius 2 is 2.00 bits per heavy atom. The standard InChI is InChI=1S/C11H17NS/c1-2-8-13-9-11(12)10-6-4-3-5-7-10/h3-7,11H,2,8-9,12H2,1H3/t11-/m0/s1. The van der Waals surface area contributed by atoms with Crippen molar-refractivity contribution in [3.05, 3.63) is 35.9 Å². The summed E-state index contributed by atoms with van der Waals surface area (Å²) in [4.78, 5) is 0. The second kappa shape index (κ2) is 6.06. The van der Waals surface area contributed by atoms with Crippen molar-refractivity contribution < 1.29 is 0 Å². The minimum Gasteiger partial charge on any atom is -0.323 e. The molecular formula is C11H17NS. The Kier molecular flexibility index (Phi) is 4.94. The fourth-order valence-corrected chi connectivity index (χ4v) is 2.05. The van der Waals surface area contributed by atoms with E-state index in [0.29, 0.717) is 0 Å². The number of nitrogens with two attached hydrogens (primary N) is 1. The maximum atomic E-state index is 6.01. The molecule has 0 amide bonds. The molecule has 1 rings (SSSR count). The van der Waals surface area contributed by atoms with Crippen LogP contribution < -0.4 is 5.73 Å². The maximum absolute atomic E-state index is 6.01. The fourth-order valence-electron chi connectivity index (χ4n) is 1.15. The molecule has 0 unspecified atom stereocenters. The molecular weight excluding hydrogens is 178 g/mol. The van der Waals surface area contributed by atoms with Crippen molar-refractivity contribution in [3.8, 4) is 0 Å². The molecule has 0 fully saturated rings. The lowest BCUT2D eigenvalue weighted by Crippen LogP contribution is -2.12. The van der Waals surface area contributed by atoms with E-state index in [1.54, 1.807) is 0 Å². The maximum Gasteiger partial charge on any atom is 0.0386 e. The molecule has 2 N–H and O–H groups in total. The molecule has 1 atom stereocenters. The van der Waals surface area contributed by atoms with Crippen molar-refractivity contribution in [2.24, 2.45) is 5.73 Å². The first-order chi connectivity index (χ1) is 6.34. The van der Waals surface area contributed by atoms with Crippen LogP contribution in [-0.2, 0) is 0 Å². The largest absolute Gasteiger partial charge is 0.323 e. The van der Waals surface area contributed by atoms with E-state index < -0.39 is 0 Å². The highest BCUT2D eigenvalue weighted by atomic mass is 32.2. The van der Waals surface area contributed by atoms with Crippen LogP contribution in [0.1, 0.15) is 24.9 Å². The predicted molar refractivity (Wildman–Crippen MR) is 61.0 cm³/mol. The molecule has 1 aromatic carbocycles. The molecule has 0 aliphatic heterocycles. The van der Waals surface area contributed by atoms with Crippen molar-refractivity contribution in [3.63, 3.8) is 0 Å². The third-order valence-corrected chi connectivity index (χ3v) is 3.17. The third-order valence-electron chi connectivity index (χ3n) is 1.87. The topological polar surface area (TPSA) is 26.0 Å². The molecule has 72 valence electrons. The van der Waals surface area contributed by atoms with Crippen molar-refractivity contribution in [1.82, 2.24) is 0 Å². The van der Waals surface area contributed by atoms with Gasteiger partial charge in [-0.2, -0.15) is 11.8 Å². The minimum atomic E-state index is 0.192. The van der Waals surface area contributed by atoms with Crippen LogP contribution in [0, 0.1) is 0 Å². The highest BCUT2D eigenvalue weighted by Crippen LogP contribution is 2.15. The van der Waals surface area contributed by atoms with Gasteiger partial charge in [-0.25, -0.2) is 0 Å². The summed E-state index contributed by atoms with van der Waals surface area (Å²) < 4.78 is 0. The van der Waals surface area contributed by atoms with Gasteiger partial charge in [0, 0.05) is 11.8 Å². The molecule has 0 radical (unpaired) electrons. The van der Waals surface area contributed by atoms with E-state index in [9.17, 15) is 0 Å². The summed E-state index contributed by atoms with van der Waals surface area (Å²) in [6, 6.07) is 10.5. The number of thioether (sulfide) groups is 1. The molecule has 0 saturated heterocycles. The molecule has 0 aromatic heterocycles. The Labute approximate surface area is 84.7 Å². The zero-order valence-corrected chi connectivity index (χ0v) is 8.89. The number of hydrogen-bond acceptors (Lipinski definition) is 2. The summed E-state index contributed by atoms with van der Waals surface area (Å²) in [5, 5.41) is 0. The smallest absolute Gasteiger partial charge is 0.0386 e. The predicted octanol–water partition coefficient (Wildman–Crippen LogP) is 2.83. The van der Waals surface area contributed by atoms with Crippen molar-refractivity contribution in [2.45, 2.75) is 19.4 Å². The average Bonchev–Trinajstić information content (AvgIpc) is 2.19. The SMILES string of the molecule is CCCSC[C@H](N)c1ccccc1. The van der Waals surface area contributed by atoms with E-state index in [-0.39, 0.29) is 6.04 Å². The lowest BCUT2D eigenvalue weighted by Gasteiger charge is -2.10. The average molecular weight is 195 g/mol. The second-order valence-electron chi connectivity index (χ2n) is 3.09. The second-order valence-corrected chi connectivity index (χ2v) is 4.24. The molecule has 13 heavy (non-hydrogen) atoms. The number of benzene rings is 1. The summed E-state index contributed by atoms with van der Waals surface area (Å²) in [5.41, 5.74) is 7.26. The van der Waals surface area contributed by atoms with E-state index >= 15 is 0 Å². The minimum absolute atomic E-state index is 0.192. The van der Waals surface area contributed by atoms with Crippen LogP contribution in [0.2, 0.25) is 0 Å². The van der Waals surface area contributed by atoms with E-state index in [1.807, 2.05) is 30.0 Å². The zero-order valence-electron chi connectivity index (χ0n) is 8.07. The summed E-state index contributed by atoms with van der Waals surface area (Å²) in [6.07, 6.45) is 1.23. The van der Waals surface area contributed by atoms with Gasteiger partial charge in [0.25, 0.3) is 0 Å². The van der Waals surface area contributed by atoms with Gasteiger partial charge in [-0.3, -0.25) is 0 Å². The van der Waals surface area contributed by atoms with Crippen molar-refractivity contribution >= 4 is 11.8 Å². The molecule has 0 aliphatic rings. The molecule has 0 heterocycles. The highest BCUT2D eigenvalue weighted by Gasteiger charge is 2.03. The van der Waals surface area contributed by atoms with Crippen LogP contribution in [0.3, 0.4) is 0 Å². The van der Waals surface area contributed by atoms with Crippen molar-refractivity contribution in [2.75, 3.05) is 11.5 Å². The van der Waals surface area contributed by atoms with Gasteiger partial charge in [0.05, 0.1) is 0 Å². The molecule has 0 bridgehead atoms. The summed E-state index contributed by atoms with van der Waals surface area (Å²) in [6.45, 7) is 2.20. The van der Waals surface area contributed by atoms with E-state index in [1.165, 1.54) is 17.7 Å². The first-order valence-corrected chi connectivity index (χ1v) is 5.88. The van der Waals surface area contributed by atoms with Gasteiger partial charge < -0.3 is 5.73 Å². The Hall–Kier alpha value is -0.470. The zero-order chi connectivity index (χ0) is 9.52. The summed E-state index contributed by atoms with van der Waals surface area (Å²) in [5.74, 6) is 2.23. The first kappa shape index (κ1) is 10.6. The monoisotopic (exact) mass is 195 g/mol. The lowest BCUT2D eigenvalue weighted by molar-refractivity contribution is 0.830. The highest BCUT2D eigenvalue weighted by molar-refractivity contribution is 7.99. The van der Waals surface area contributed by atoms with E-state index in [4.69, 9.17) is 5.73 Å². The van der Waals surface area contributed by atoms with Gasteiger partial charge in [-0.1, -0.05) is 37.3 Å². The Morgan fingerprint density at radius 1 is 1.31 bits per heavy atom. The first-order valence-electron chi connectivity index (χ1n) is 4.73. The van der Waals surface area contributed by atoms with Gasteiger partial charge in [0.15, 0.2) is 0 Å². The van der Waals surface area contributed by atoms with Crippen LogP contribution >= 0.6 is 11.8 Å². The van der Waals surface area contributed by atoms with Crippen LogP contribution in [0.15, 0.2) is 30.3 Å². The van der Waals surface area contributed by atoms with Crippen LogP contribution in [0.5, 0.6) is 0 Å². The van der Waals surface area contributed by atoms with Crippen LogP contribution in [0.25, 0.3) is 0 Å². The fraction of sp³-hybridized carbons (Fsp3) is 0.455. The number of hydrogen-bond donors (Lipinski definition) is 1. The summed E-state index contributed by atoms with van der Waals surface area (Å²) >= 11 is 1.93. The molecule has 2 heteroatoms. The van der Waals surface area contributed by atoms with Gasteiger partial charge >= 0.3 is 0 Å². The van der Waals surface area contributed by atoms with Crippen LogP contribution in [0.4, 0.5) is 0 Å². The molecule has 0 spiro atoms. The van der Waals surface area contributed by atoms with Gasteiger partial charge in [0.1, 0.15) is 0 Å². The van der Waals surface area contributed by atoms with Gasteiger partial charge in [-0.05, 0) is 17.7 Å². The van der Waals surface area contributed by atoms with E-state index in [2.05, 4.69) is 19.1 Å². The normalized spacial score (nSPS) is 12.8. The van der Waals surface area contributed by atoms with Crippen molar-refractivity contribution in [1.29, 1.82) is 0 Å². The quantitative estimate of drug-likeness (QED) is 0.731. The lowest BCUT2D eigenvalue weighted by atomic mass is 10.1. The molecule has 1 aromatic rings. The molecule has 0 aliphatic carbocycles. The van der Waals surface area contributed by atoms with Gasteiger partial charge in [0.2, 0.25) is 0 Å². The van der Waals surface area contributed by atoms with Crippen LogP contribution in [-0.4, -0.2) is 11.5 Å². The Morgan fingerprint density at radius 3 is 2.62 bits per heavy atom. The summed E-state index contributed by atoms with van der Waals surface area (Å²) in [7, 11) is 0. The molecule has 1 nitrogen and oxygen atoms in total. The van der Waals surface area contributed by atoms with Gasteiger partial charge in [-0.15, -0.1) is 0 Å². The Bertz CT molecular complexity index is 223.